The Hall–Kier alpha value is -3.35. The van der Waals surface area contributed by atoms with Crippen molar-refractivity contribution in [2.75, 3.05) is 32.1 Å². The van der Waals surface area contributed by atoms with Gasteiger partial charge in [0.05, 0.1) is 11.1 Å². The van der Waals surface area contributed by atoms with Crippen LogP contribution in [-0.2, 0) is 4.79 Å². The molecule has 4 rings (SSSR count). The number of fused-ring (bicyclic) bond motifs is 1. The number of nitrogens with zero attached hydrogens (tertiary/aromatic N) is 4. The molecule has 180 valence electrons. The number of hydrogen-bond acceptors (Lipinski definition) is 6. The predicted octanol–water partition coefficient (Wildman–Crippen LogP) is 3.71. The number of nitrogens with one attached hydrogen (secondary N) is 1. The summed E-state index contributed by atoms with van der Waals surface area (Å²) in [4.78, 5) is 26.3. The van der Waals surface area contributed by atoms with Gasteiger partial charge < -0.3 is 20.9 Å². The second kappa shape index (κ2) is 8.78. The highest BCUT2D eigenvalue weighted by Crippen LogP contribution is 2.35. The van der Waals surface area contributed by atoms with E-state index in [2.05, 4.69) is 46.1 Å². The molecule has 0 radical (unpaired) electrons. The normalized spacial score (nSPS) is 18.6. The van der Waals surface area contributed by atoms with Crippen LogP contribution in [0.1, 0.15) is 45.6 Å². The number of piperidine rings is 1. The molecule has 3 heterocycles. The van der Waals surface area contributed by atoms with Crippen LogP contribution in [0.4, 0.5) is 5.82 Å². The summed E-state index contributed by atoms with van der Waals surface area (Å²) in [6, 6.07) is 10.5. The minimum atomic E-state index is -0.290. The molecular weight excluding hydrogens is 424 g/mol. The number of aliphatic imine (C=N–C) groups is 1. The molecule has 1 saturated heterocycles. The van der Waals surface area contributed by atoms with E-state index in [1.807, 2.05) is 45.8 Å². The molecule has 0 unspecified atom stereocenters. The van der Waals surface area contributed by atoms with Crippen molar-refractivity contribution in [3.8, 4) is 0 Å². The molecule has 1 fully saturated rings. The first-order valence-electron chi connectivity index (χ1n) is 11.9. The van der Waals surface area contributed by atoms with Crippen LogP contribution < -0.4 is 16.0 Å². The molecule has 0 atom stereocenters. The highest BCUT2D eigenvalue weighted by atomic mass is 16.2. The number of pyridine rings is 1. The number of carbonyl (C=O) groups excluding carboxylic acids is 1. The number of aromatic nitrogens is 1. The van der Waals surface area contributed by atoms with Gasteiger partial charge in [-0.05, 0) is 63.8 Å². The molecule has 2 aliphatic heterocycles. The lowest BCUT2D eigenvalue weighted by molar-refractivity contribution is -0.120. The SMILES string of the molecule is C=C(c1ccc2ccc(N(C)C)nc2c1)N1CCC2(CC1)CC(C=NC(C)(C)C)=C(N)C(=O)N2. The zero-order chi connectivity index (χ0) is 24.7. The van der Waals surface area contributed by atoms with Crippen molar-refractivity contribution in [3.63, 3.8) is 0 Å². The summed E-state index contributed by atoms with van der Waals surface area (Å²) < 4.78 is 0. The van der Waals surface area contributed by atoms with Crippen LogP contribution >= 0.6 is 0 Å². The molecule has 1 amide bonds. The van der Waals surface area contributed by atoms with Crippen LogP contribution in [0.25, 0.3) is 16.6 Å². The maximum absolute atomic E-state index is 12.6. The number of likely N-dealkylation sites (tertiary alicyclic amines) is 1. The van der Waals surface area contributed by atoms with Gasteiger partial charge in [0.2, 0.25) is 0 Å². The minimum absolute atomic E-state index is 0.189. The number of hydrogen-bond donors (Lipinski definition) is 2. The van der Waals surface area contributed by atoms with Gasteiger partial charge >= 0.3 is 0 Å². The summed E-state index contributed by atoms with van der Waals surface area (Å²) in [5.41, 5.74) is 9.75. The molecule has 0 saturated carbocycles. The van der Waals surface area contributed by atoms with Crippen molar-refractivity contribution < 1.29 is 4.79 Å². The van der Waals surface area contributed by atoms with E-state index in [0.29, 0.717) is 6.42 Å². The van der Waals surface area contributed by atoms with Gasteiger partial charge in [0.25, 0.3) is 5.91 Å². The fourth-order valence-corrected chi connectivity index (χ4v) is 4.57. The van der Waals surface area contributed by atoms with E-state index in [4.69, 9.17) is 10.7 Å². The van der Waals surface area contributed by atoms with E-state index in [0.717, 1.165) is 59.5 Å². The summed E-state index contributed by atoms with van der Waals surface area (Å²) >= 11 is 0. The smallest absolute Gasteiger partial charge is 0.267 e. The Morgan fingerprint density at radius 2 is 1.91 bits per heavy atom. The van der Waals surface area contributed by atoms with Gasteiger partial charge in [0.15, 0.2) is 0 Å². The van der Waals surface area contributed by atoms with Crippen molar-refractivity contribution in [2.45, 2.75) is 51.1 Å². The standard InChI is InChI=1S/C27H36N6O/c1-18(20-8-7-19-9-10-23(32(5)6)30-22(19)15-20)33-13-11-27(12-14-33)16-21(17-29-26(2,3)4)24(28)25(34)31-27/h7-10,15,17H,1,11-14,16,28H2,2-6H3,(H,31,34). The summed E-state index contributed by atoms with van der Waals surface area (Å²) in [6.45, 7) is 12.1. The van der Waals surface area contributed by atoms with Crippen molar-refractivity contribution >= 4 is 34.5 Å². The highest BCUT2D eigenvalue weighted by molar-refractivity contribution is 6.01. The second-order valence-electron chi connectivity index (χ2n) is 10.7. The van der Waals surface area contributed by atoms with E-state index in [-0.39, 0.29) is 22.7 Å². The average Bonchev–Trinajstić information content (AvgIpc) is 2.79. The lowest BCUT2D eigenvalue weighted by atomic mass is 9.78. The molecule has 0 aliphatic carbocycles. The minimum Gasteiger partial charge on any atom is -0.394 e. The van der Waals surface area contributed by atoms with Gasteiger partial charge in [-0.1, -0.05) is 18.7 Å². The van der Waals surface area contributed by atoms with E-state index in [1.54, 1.807) is 6.21 Å². The zero-order valence-corrected chi connectivity index (χ0v) is 21.0. The van der Waals surface area contributed by atoms with E-state index in [9.17, 15) is 4.79 Å². The van der Waals surface area contributed by atoms with Crippen LogP contribution in [0.15, 0.2) is 53.2 Å². The van der Waals surface area contributed by atoms with Gasteiger partial charge in [0, 0.05) is 55.6 Å². The largest absolute Gasteiger partial charge is 0.394 e. The van der Waals surface area contributed by atoms with Gasteiger partial charge in [-0.25, -0.2) is 4.98 Å². The number of amides is 1. The Bertz CT molecular complexity index is 1180. The first-order valence-corrected chi connectivity index (χ1v) is 11.9. The average molecular weight is 461 g/mol. The molecule has 2 aromatic rings. The molecule has 1 spiro atoms. The Morgan fingerprint density at radius 3 is 2.56 bits per heavy atom. The quantitative estimate of drug-likeness (QED) is 0.680. The molecular formula is C27H36N6O. The van der Waals surface area contributed by atoms with Gasteiger partial charge in [0.1, 0.15) is 11.5 Å². The van der Waals surface area contributed by atoms with Crippen LogP contribution in [0, 0.1) is 0 Å². The summed E-state index contributed by atoms with van der Waals surface area (Å²) in [6.07, 6.45) is 4.16. The Kier molecular flexibility index (Phi) is 6.14. The third kappa shape index (κ3) is 4.93. The molecule has 1 aromatic heterocycles. The number of rotatable bonds is 4. The van der Waals surface area contributed by atoms with Gasteiger partial charge in [-0.15, -0.1) is 0 Å². The van der Waals surface area contributed by atoms with Crippen molar-refractivity contribution in [2.24, 2.45) is 10.7 Å². The molecule has 3 N–H and O–H groups in total. The van der Waals surface area contributed by atoms with Crippen molar-refractivity contribution in [1.82, 2.24) is 15.2 Å². The fourth-order valence-electron chi connectivity index (χ4n) is 4.57. The molecule has 34 heavy (non-hydrogen) atoms. The van der Waals surface area contributed by atoms with E-state index < -0.39 is 0 Å². The lowest BCUT2D eigenvalue weighted by Crippen LogP contribution is -2.58. The van der Waals surface area contributed by atoms with E-state index >= 15 is 0 Å². The number of carbonyl (C=O) groups is 1. The van der Waals surface area contributed by atoms with Crippen molar-refractivity contribution in [3.05, 3.63) is 53.7 Å². The Labute approximate surface area is 202 Å². The summed E-state index contributed by atoms with van der Waals surface area (Å²) in [5.74, 6) is 0.743. The predicted molar refractivity (Wildman–Crippen MR) is 141 cm³/mol. The summed E-state index contributed by atoms with van der Waals surface area (Å²) in [7, 11) is 3.99. The number of benzene rings is 1. The first-order chi connectivity index (χ1) is 16.0. The molecule has 2 aliphatic rings. The first kappa shape index (κ1) is 23.8. The molecule has 7 heteroatoms. The van der Waals surface area contributed by atoms with E-state index in [1.165, 1.54) is 0 Å². The van der Waals surface area contributed by atoms with Crippen molar-refractivity contribution in [1.29, 1.82) is 0 Å². The highest BCUT2D eigenvalue weighted by Gasteiger charge is 2.41. The number of nitrogens with two attached hydrogens (primary N) is 1. The summed E-state index contributed by atoms with van der Waals surface area (Å²) in [5, 5.41) is 4.30. The monoisotopic (exact) mass is 460 g/mol. The fraction of sp³-hybridized carbons (Fsp3) is 0.444. The molecule has 0 bridgehead atoms. The topological polar surface area (TPSA) is 86.8 Å². The van der Waals surface area contributed by atoms with Gasteiger partial charge in [-0.3, -0.25) is 9.79 Å². The van der Waals surface area contributed by atoms with Crippen LogP contribution in [0.2, 0.25) is 0 Å². The van der Waals surface area contributed by atoms with Gasteiger partial charge in [-0.2, -0.15) is 0 Å². The maximum Gasteiger partial charge on any atom is 0.267 e. The molecule has 1 aromatic carbocycles. The maximum atomic E-state index is 12.6. The van der Waals surface area contributed by atoms with Crippen LogP contribution in [0.5, 0.6) is 0 Å². The molecule has 7 nitrogen and oxygen atoms in total. The van der Waals surface area contributed by atoms with Crippen LogP contribution in [-0.4, -0.2) is 60.3 Å². The number of anilines is 1. The third-order valence-electron chi connectivity index (χ3n) is 6.68. The Morgan fingerprint density at radius 1 is 1.24 bits per heavy atom. The van der Waals surface area contributed by atoms with Crippen LogP contribution in [0.3, 0.4) is 0 Å². The second-order valence-corrected chi connectivity index (χ2v) is 10.7. The zero-order valence-electron chi connectivity index (χ0n) is 21.0. The Balaban J connectivity index is 1.48. The lowest BCUT2D eigenvalue weighted by Gasteiger charge is -2.46. The third-order valence-corrected chi connectivity index (χ3v) is 6.68.